The first-order valence-corrected chi connectivity index (χ1v) is 8.32. The standard InChI is InChI=1S/C14H22N2O3S/c1-10-7-13(15)8-14(11(10)2)20(17,18)16-5-6-19-9-12-3-4-12/h7-8,12,16H,3-6,9,15H2,1-2H3. The molecule has 0 radical (unpaired) electrons. The first kappa shape index (κ1) is 15.3. The van der Waals surface area contributed by atoms with Crippen molar-refractivity contribution in [2.75, 3.05) is 25.5 Å². The molecule has 0 unspecified atom stereocenters. The highest BCUT2D eigenvalue weighted by atomic mass is 32.2. The lowest BCUT2D eigenvalue weighted by Gasteiger charge is -2.12. The zero-order valence-electron chi connectivity index (χ0n) is 12.0. The maximum Gasteiger partial charge on any atom is 0.240 e. The molecule has 1 aliphatic carbocycles. The number of nitrogens with one attached hydrogen (secondary N) is 1. The molecule has 20 heavy (non-hydrogen) atoms. The van der Waals surface area contributed by atoms with Crippen LogP contribution in [0.4, 0.5) is 5.69 Å². The van der Waals surface area contributed by atoms with Crippen LogP contribution in [0, 0.1) is 19.8 Å². The van der Waals surface area contributed by atoms with Gasteiger partial charge in [-0.25, -0.2) is 13.1 Å². The molecule has 6 heteroatoms. The Morgan fingerprint density at radius 2 is 2.05 bits per heavy atom. The molecule has 112 valence electrons. The summed E-state index contributed by atoms with van der Waals surface area (Å²) < 4.78 is 32.5. The van der Waals surface area contributed by atoms with Crippen molar-refractivity contribution in [1.82, 2.24) is 4.72 Å². The van der Waals surface area contributed by atoms with Crippen LogP contribution < -0.4 is 10.5 Å². The van der Waals surface area contributed by atoms with Gasteiger partial charge in [-0.1, -0.05) is 0 Å². The number of hydrogen-bond acceptors (Lipinski definition) is 4. The van der Waals surface area contributed by atoms with Crippen molar-refractivity contribution in [2.24, 2.45) is 5.92 Å². The zero-order valence-corrected chi connectivity index (χ0v) is 12.8. The molecule has 1 aromatic carbocycles. The molecule has 0 aromatic heterocycles. The number of hydrogen-bond donors (Lipinski definition) is 2. The van der Waals surface area contributed by atoms with E-state index >= 15 is 0 Å². The van der Waals surface area contributed by atoms with Crippen LogP contribution in [0.1, 0.15) is 24.0 Å². The Morgan fingerprint density at radius 1 is 1.35 bits per heavy atom. The number of nitrogen functional groups attached to an aromatic ring is 1. The van der Waals surface area contributed by atoms with E-state index in [1.54, 1.807) is 13.0 Å². The second-order valence-electron chi connectivity index (χ2n) is 5.38. The van der Waals surface area contributed by atoms with Crippen molar-refractivity contribution in [1.29, 1.82) is 0 Å². The highest BCUT2D eigenvalue weighted by molar-refractivity contribution is 7.89. The van der Waals surface area contributed by atoms with E-state index in [1.807, 2.05) is 6.92 Å². The zero-order chi connectivity index (χ0) is 14.8. The number of nitrogens with two attached hydrogens (primary N) is 1. The maximum atomic E-state index is 12.2. The molecule has 1 saturated carbocycles. The third-order valence-electron chi connectivity index (χ3n) is 3.52. The fourth-order valence-electron chi connectivity index (χ4n) is 1.99. The number of ether oxygens (including phenoxy) is 1. The van der Waals surface area contributed by atoms with Crippen molar-refractivity contribution >= 4 is 15.7 Å². The van der Waals surface area contributed by atoms with Crippen LogP contribution in [0.2, 0.25) is 0 Å². The Bertz CT molecular complexity index is 580. The van der Waals surface area contributed by atoms with E-state index in [-0.39, 0.29) is 11.4 Å². The third-order valence-corrected chi connectivity index (χ3v) is 5.11. The molecular weight excluding hydrogens is 276 g/mol. The molecule has 1 fully saturated rings. The number of benzene rings is 1. The van der Waals surface area contributed by atoms with E-state index in [0.29, 0.717) is 18.2 Å². The summed E-state index contributed by atoms with van der Waals surface area (Å²) in [7, 11) is -3.53. The maximum absolute atomic E-state index is 12.2. The van der Waals surface area contributed by atoms with Gasteiger partial charge in [0.2, 0.25) is 10.0 Å². The molecule has 1 aromatic rings. The summed E-state index contributed by atoms with van der Waals surface area (Å²) >= 11 is 0. The lowest BCUT2D eigenvalue weighted by atomic mass is 10.1. The van der Waals surface area contributed by atoms with E-state index in [2.05, 4.69) is 4.72 Å². The fraction of sp³-hybridized carbons (Fsp3) is 0.571. The van der Waals surface area contributed by atoms with E-state index in [0.717, 1.165) is 17.7 Å². The Balaban J connectivity index is 1.95. The Morgan fingerprint density at radius 3 is 2.70 bits per heavy atom. The largest absolute Gasteiger partial charge is 0.399 e. The minimum absolute atomic E-state index is 0.247. The number of sulfonamides is 1. The van der Waals surface area contributed by atoms with Gasteiger partial charge >= 0.3 is 0 Å². The van der Waals surface area contributed by atoms with Gasteiger partial charge in [-0.3, -0.25) is 0 Å². The lowest BCUT2D eigenvalue weighted by molar-refractivity contribution is 0.129. The fourth-order valence-corrected chi connectivity index (χ4v) is 3.36. The average Bonchev–Trinajstić information content (AvgIpc) is 3.17. The average molecular weight is 298 g/mol. The highest BCUT2D eigenvalue weighted by Crippen LogP contribution is 2.28. The van der Waals surface area contributed by atoms with Crippen molar-refractivity contribution in [3.63, 3.8) is 0 Å². The molecule has 0 amide bonds. The molecule has 0 saturated heterocycles. The van der Waals surface area contributed by atoms with Gasteiger partial charge in [0.15, 0.2) is 0 Å². The topological polar surface area (TPSA) is 81.4 Å². The molecule has 0 spiro atoms. The van der Waals surface area contributed by atoms with Crippen LogP contribution in [-0.4, -0.2) is 28.2 Å². The minimum Gasteiger partial charge on any atom is -0.399 e. The first-order valence-electron chi connectivity index (χ1n) is 6.84. The molecular formula is C14H22N2O3S. The van der Waals surface area contributed by atoms with Gasteiger partial charge < -0.3 is 10.5 Å². The normalized spacial score (nSPS) is 15.5. The summed E-state index contributed by atoms with van der Waals surface area (Å²) in [5, 5.41) is 0. The molecule has 1 aliphatic rings. The minimum atomic E-state index is -3.53. The van der Waals surface area contributed by atoms with Crippen LogP contribution in [0.3, 0.4) is 0 Å². The second-order valence-corrected chi connectivity index (χ2v) is 7.11. The summed E-state index contributed by atoms with van der Waals surface area (Å²) in [6, 6.07) is 3.27. The molecule has 5 nitrogen and oxygen atoms in total. The molecule has 2 rings (SSSR count). The summed E-state index contributed by atoms with van der Waals surface area (Å²) in [4.78, 5) is 0.247. The molecule has 0 aliphatic heterocycles. The Kier molecular flexibility index (Phi) is 4.67. The van der Waals surface area contributed by atoms with Gasteiger partial charge in [0, 0.05) is 18.8 Å². The van der Waals surface area contributed by atoms with Gasteiger partial charge in [0.05, 0.1) is 11.5 Å². The van der Waals surface area contributed by atoms with Crippen molar-refractivity contribution in [3.05, 3.63) is 23.3 Å². The Labute approximate surface area is 120 Å². The number of rotatable bonds is 7. The molecule has 3 N–H and O–H groups in total. The summed E-state index contributed by atoms with van der Waals surface area (Å²) in [6.07, 6.45) is 2.46. The summed E-state index contributed by atoms with van der Waals surface area (Å²) in [5.41, 5.74) is 7.78. The predicted octanol–water partition coefficient (Wildman–Crippen LogP) is 1.59. The summed E-state index contributed by atoms with van der Waals surface area (Å²) in [5.74, 6) is 0.686. The van der Waals surface area contributed by atoms with Crippen LogP contribution in [-0.2, 0) is 14.8 Å². The van der Waals surface area contributed by atoms with Gasteiger partial charge in [0.1, 0.15) is 0 Å². The monoisotopic (exact) mass is 298 g/mol. The molecule has 0 heterocycles. The number of anilines is 1. The van der Waals surface area contributed by atoms with Gasteiger partial charge in [-0.05, 0) is 55.9 Å². The van der Waals surface area contributed by atoms with Crippen LogP contribution in [0.15, 0.2) is 17.0 Å². The van der Waals surface area contributed by atoms with Gasteiger partial charge in [-0.15, -0.1) is 0 Å². The van der Waals surface area contributed by atoms with Gasteiger partial charge in [-0.2, -0.15) is 0 Å². The molecule has 0 bridgehead atoms. The van der Waals surface area contributed by atoms with E-state index in [1.165, 1.54) is 18.9 Å². The summed E-state index contributed by atoms with van der Waals surface area (Å²) in [6.45, 7) is 5.05. The third kappa shape index (κ3) is 3.94. The molecule has 0 atom stereocenters. The van der Waals surface area contributed by atoms with Crippen molar-refractivity contribution < 1.29 is 13.2 Å². The van der Waals surface area contributed by atoms with E-state index < -0.39 is 10.0 Å². The van der Waals surface area contributed by atoms with Crippen LogP contribution in [0.5, 0.6) is 0 Å². The number of aryl methyl sites for hydroxylation is 1. The predicted molar refractivity (Wildman–Crippen MR) is 79.1 cm³/mol. The van der Waals surface area contributed by atoms with Crippen molar-refractivity contribution in [3.8, 4) is 0 Å². The second kappa shape index (κ2) is 6.11. The van der Waals surface area contributed by atoms with Crippen LogP contribution >= 0.6 is 0 Å². The highest BCUT2D eigenvalue weighted by Gasteiger charge is 2.21. The first-order chi connectivity index (χ1) is 9.40. The lowest BCUT2D eigenvalue weighted by Crippen LogP contribution is -2.28. The van der Waals surface area contributed by atoms with E-state index in [4.69, 9.17) is 10.5 Å². The smallest absolute Gasteiger partial charge is 0.240 e. The van der Waals surface area contributed by atoms with E-state index in [9.17, 15) is 8.42 Å². The van der Waals surface area contributed by atoms with Crippen LogP contribution in [0.25, 0.3) is 0 Å². The Hall–Kier alpha value is -1.11. The SMILES string of the molecule is Cc1cc(N)cc(S(=O)(=O)NCCOCC2CC2)c1C. The van der Waals surface area contributed by atoms with Gasteiger partial charge in [0.25, 0.3) is 0 Å². The quantitative estimate of drug-likeness (QED) is 0.591. The van der Waals surface area contributed by atoms with Crippen molar-refractivity contribution in [2.45, 2.75) is 31.6 Å².